The molecule has 0 bridgehead atoms. The van der Waals surface area contributed by atoms with Crippen LogP contribution in [0.15, 0.2) is 42.5 Å². The van der Waals surface area contributed by atoms with E-state index in [1.807, 2.05) is 36.1 Å². The number of piperazine rings is 1. The fourth-order valence-corrected chi connectivity index (χ4v) is 3.58. The summed E-state index contributed by atoms with van der Waals surface area (Å²) in [4.78, 5) is 39.5. The van der Waals surface area contributed by atoms with Crippen molar-refractivity contribution < 1.29 is 19.2 Å². The maximum atomic E-state index is 12.5. The topological polar surface area (TPSA) is 105 Å². The third-order valence-electron chi connectivity index (χ3n) is 5.53. The molecule has 9 nitrogen and oxygen atoms in total. The number of anilines is 1. The Morgan fingerprint density at radius 3 is 2.41 bits per heavy atom. The minimum Gasteiger partial charge on any atom is -0.496 e. The Labute approximate surface area is 187 Å². The lowest BCUT2D eigenvalue weighted by Crippen LogP contribution is -2.49. The lowest BCUT2D eigenvalue weighted by atomic mass is 10.1. The van der Waals surface area contributed by atoms with E-state index in [4.69, 9.17) is 4.74 Å². The molecule has 1 saturated heterocycles. The van der Waals surface area contributed by atoms with Crippen LogP contribution in [-0.2, 0) is 16.0 Å². The number of carbonyl (C=O) groups is 2. The molecule has 2 aromatic carbocycles. The van der Waals surface area contributed by atoms with Crippen molar-refractivity contribution in [3.63, 3.8) is 0 Å². The summed E-state index contributed by atoms with van der Waals surface area (Å²) in [5.74, 6) is 0.165. The summed E-state index contributed by atoms with van der Waals surface area (Å²) >= 11 is 0. The fourth-order valence-electron chi connectivity index (χ4n) is 3.58. The molecule has 1 aliphatic rings. The van der Waals surface area contributed by atoms with Crippen LogP contribution in [-0.4, -0.2) is 66.4 Å². The zero-order chi connectivity index (χ0) is 23.1. The molecule has 0 atom stereocenters. The van der Waals surface area contributed by atoms with Gasteiger partial charge in [0.1, 0.15) is 11.4 Å². The molecule has 0 radical (unpaired) electrons. The maximum absolute atomic E-state index is 12.5. The van der Waals surface area contributed by atoms with E-state index in [1.54, 1.807) is 6.07 Å². The van der Waals surface area contributed by atoms with Crippen LogP contribution in [0.3, 0.4) is 0 Å². The molecule has 0 saturated carbocycles. The Kier molecular flexibility index (Phi) is 7.77. The first kappa shape index (κ1) is 23.2. The Balaban J connectivity index is 1.44. The van der Waals surface area contributed by atoms with Gasteiger partial charge < -0.3 is 15.0 Å². The summed E-state index contributed by atoms with van der Waals surface area (Å²) in [6.07, 6.45) is 0.601. The van der Waals surface area contributed by atoms with E-state index >= 15 is 0 Å². The number of hydrogen-bond acceptors (Lipinski definition) is 6. The lowest BCUT2D eigenvalue weighted by molar-refractivity contribution is -0.384. The molecule has 9 heteroatoms. The highest BCUT2D eigenvalue weighted by Gasteiger charge is 2.22. The van der Waals surface area contributed by atoms with Gasteiger partial charge in [-0.25, -0.2) is 0 Å². The smallest absolute Gasteiger partial charge is 0.296 e. The van der Waals surface area contributed by atoms with Crippen molar-refractivity contribution in [2.45, 2.75) is 19.8 Å². The van der Waals surface area contributed by atoms with E-state index in [2.05, 4.69) is 10.2 Å². The number of rotatable bonds is 8. The SMILES string of the molecule is COc1ccc(NC(=O)CCN2CCN(C(=O)Cc3ccc(C)cc3)CC2)c([N+](=O)[O-])c1. The van der Waals surface area contributed by atoms with Crippen molar-refractivity contribution in [3.05, 3.63) is 63.7 Å². The molecule has 0 unspecified atom stereocenters. The second kappa shape index (κ2) is 10.7. The van der Waals surface area contributed by atoms with Gasteiger partial charge >= 0.3 is 0 Å². The van der Waals surface area contributed by atoms with Gasteiger partial charge in [-0.05, 0) is 24.6 Å². The average Bonchev–Trinajstić information content (AvgIpc) is 2.79. The van der Waals surface area contributed by atoms with E-state index in [-0.39, 0.29) is 29.6 Å². The van der Waals surface area contributed by atoms with Crippen molar-refractivity contribution in [2.24, 2.45) is 0 Å². The molecule has 170 valence electrons. The summed E-state index contributed by atoms with van der Waals surface area (Å²) in [5.41, 5.74) is 2.11. The maximum Gasteiger partial charge on any atom is 0.296 e. The van der Waals surface area contributed by atoms with Crippen LogP contribution in [0.4, 0.5) is 11.4 Å². The molecule has 1 fully saturated rings. The predicted octanol–water partition coefficient (Wildman–Crippen LogP) is 2.63. The summed E-state index contributed by atoms with van der Waals surface area (Å²) < 4.78 is 5.00. The number of aryl methyl sites for hydroxylation is 1. The third kappa shape index (κ3) is 6.27. The van der Waals surface area contributed by atoms with Gasteiger partial charge in [0.25, 0.3) is 5.69 Å². The number of nitro benzene ring substituents is 1. The fraction of sp³-hybridized carbons (Fsp3) is 0.391. The number of nitrogens with zero attached hydrogens (tertiary/aromatic N) is 3. The second-order valence-corrected chi connectivity index (χ2v) is 7.82. The van der Waals surface area contributed by atoms with Crippen molar-refractivity contribution in [2.75, 3.05) is 45.2 Å². The van der Waals surface area contributed by atoms with E-state index < -0.39 is 4.92 Å². The van der Waals surface area contributed by atoms with E-state index in [9.17, 15) is 19.7 Å². The van der Waals surface area contributed by atoms with Crippen molar-refractivity contribution in [1.29, 1.82) is 0 Å². The molecule has 32 heavy (non-hydrogen) atoms. The summed E-state index contributed by atoms with van der Waals surface area (Å²) in [6, 6.07) is 12.3. The summed E-state index contributed by atoms with van der Waals surface area (Å²) in [5, 5.41) is 13.9. The van der Waals surface area contributed by atoms with Crippen molar-refractivity contribution >= 4 is 23.2 Å². The first-order valence-corrected chi connectivity index (χ1v) is 10.5. The van der Waals surface area contributed by atoms with E-state index in [0.29, 0.717) is 44.9 Å². The molecule has 2 amide bonds. The first-order valence-electron chi connectivity index (χ1n) is 10.5. The minimum absolute atomic E-state index is 0.109. The molecule has 1 N–H and O–H groups in total. The molecule has 0 aromatic heterocycles. The van der Waals surface area contributed by atoms with Crippen LogP contribution in [0.2, 0.25) is 0 Å². The second-order valence-electron chi connectivity index (χ2n) is 7.82. The Hall–Kier alpha value is -3.46. The van der Waals surface area contributed by atoms with E-state index in [0.717, 1.165) is 5.56 Å². The van der Waals surface area contributed by atoms with Crippen molar-refractivity contribution in [1.82, 2.24) is 9.80 Å². The lowest BCUT2D eigenvalue weighted by Gasteiger charge is -2.34. The van der Waals surface area contributed by atoms with Crippen LogP contribution < -0.4 is 10.1 Å². The van der Waals surface area contributed by atoms with Crippen LogP contribution in [0.25, 0.3) is 0 Å². The number of amides is 2. The zero-order valence-electron chi connectivity index (χ0n) is 18.4. The standard InChI is InChI=1S/C23H28N4O5/c1-17-3-5-18(6-4-17)15-23(29)26-13-11-25(12-14-26)10-9-22(28)24-20-8-7-19(32-2)16-21(20)27(30)31/h3-8,16H,9-15H2,1-2H3,(H,24,28). The van der Waals surface area contributed by atoms with Crippen LogP contribution in [0.1, 0.15) is 17.5 Å². The van der Waals surface area contributed by atoms with Crippen molar-refractivity contribution in [3.8, 4) is 5.75 Å². The zero-order valence-corrected chi connectivity index (χ0v) is 18.4. The number of nitro groups is 1. The minimum atomic E-state index is -0.551. The van der Waals surface area contributed by atoms with Crippen LogP contribution in [0.5, 0.6) is 5.75 Å². The molecule has 2 aromatic rings. The average molecular weight is 441 g/mol. The van der Waals surface area contributed by atoms with Crippen LogP contribution in [0, 0.1) is 17.0 Å². The number of benzene rings is 2. The molecular weight excluding hydrogens is 412 g/mol. The largest absolute Gasteiger partial charge is 0.496 e. The Morgan fingerprint density at radius 1 is 1.09 bits per heavy atom. The summed E-state index contributed by atoms with van der Waals surface area (Å²) in [7, 11) is 1.42. The highest BCUT2D eigenvalue weighted by molar-refractivity contribution is 5.93. The third-order valence-corrected chi connectivity index (χ3v) is 5.53. The highest BCUT2D eigenvalue weighted by atomic mass is 16.6. The van der Waals surface area contributed by atoms with Gasteiger partial charge in [0, 0.05) is 39.1 Å². The molecular formula is C23H28N4O5. The van der Waals surface area contributed by atoms with E-state index in [1.165, 1.54) is 24.8 Å². The van der Waals surface area contributed by atoms with Gasteiger partial charge in [0.15, 0.2) is 0 Å². The van der Waals surface area contributed by atoms with Gasteiger partial charge in [0.2, 0.25) is 11.8 Å². The van der Waals surface area contributed by atoms with Gasteiger partial charge in [-0.15, -0.1) is 0 Å². The number of nitrogens with one attached hydrogen (secondary N) is 1. The van der Waals surface area contributed by atoms with Gasteiger partial charge in [-0.2, -0.15) is 0 Å². The van der Waals surface area contributed by atoms with Gasteiger partial charge in [0.05, 0.1) is 24.5 Å². The quantitative estimate of drug-likeness (QED) is 0.500. The van der Waals surface area contributed by atoms with Gasteiger partial charge in [-0.3, -0.25) is 24.6 Å². The number of methoxy groups -OCH3 is 1. The Bertz CT molecular complexity index is 969. The van der Waals surface area contributed by atoms with Gasteiger partial charge in [-0.1, -0.05) is 29.8 Å². The molecule has 0 spiro atoms. The normalized spacial score (nSPS) is 14.1. The molecule has 0 aliphatic carbocycles. The summed E-state index contributed by atoms with van der Waals surface area (Å²) in [6.45, 7) is 5.16. The Morgan fingerprint density at radius 2 is 1.78 bits per heavy atom. The molecule has 1 heterocycles. The number of carbonyl (C=O) groups excluding carboxylic acids is 2. The number of ether oxygens (including phenoxy) is 1. The predicted molar refractivity (Wildman–Crippen MR) is 121 cm³/mol. The monoisotopic (exact) mass is 440 g/mol. The highest BCUT2D eigenvalue weighted by Crippen LogP contribution is 2.29. The molecule has 3 rings (SSSR count). The first-order chi connectivity index (χ1) is 15.4. The molecule has 1 aliphatic heterocycles. The number of hydrogen-bond donors (Lipinski definition) is 1. The van der Waals surface area contributed by atoms with Crippen LogP contribution >= 0.6 is 0 Å².